The second kappa shape index (κ2) is 7.81. The highest BCUT2D eigenvalue weighted by Gasteiger charge is 2.60. The quantitative estimate of drug-likeness (QED) is 0.567. The average molecular weight is 401 g/mol. The van der Waals surface area contributed by atoms with Gasteiger partial charge in [0.1, 0.15) is 0 Å². The summed E-state index contributed by atoms with van der Waals surface area (Å²) in [5, 5.41) is 11.1. The molecule has 3 saturated carbocycles. The number of hydrogen-bond acceptors (Lipinski definition) is 2. The molecular formula is C27H44O2. The molecule has 0 heterocycles. The summed E-state index contributed by atoms with van der Waals surface area (Å²) in [5.41, 5.74) is 1.59. The van der Waals surface area contributed by atoms with E-state index >= 15 is 0 Å². The summed E-state index contributed by atoms with van der Waals surface area (Å²) in [6.45, 7) is 12.2. The van der Waals surface area contributed by atoms with Crippen molar-refractivity contribution < 1.29 is 9.90 Å². The summed E-state index contributed by atoms with van der Waals surface area (Å²) in [6, 6.07) is 0. The van der Waals surface area contributed by atoms with Crippen molar-refractivity contribution in [3.63, 3.8) is 0 Å². The molecule has 0 bridgehead atoms. The first-order chi connectivity index (χ1) is 13.7. The highest BCUT2D eigenvalue weighted by Crippen LogP contribution is 2.67. The Labute approximate surface area is 178 Å². The van der Waals surface area contributed by atoms with Crippen LogP contribution < -0.4 is 0 Å². The predicted octanol–water partition coefficient (Wildman–Crippen LogP) is 6.57. The molecule has 29 heavy (non-hydrogen) atoms. The maximum Gasteiger partial charge on any atom is 0.155 e. The Morgan fingerprint density at radius 3 is 2.55 bits per heavy atom. The smallest absolute Gasteiger partial charge is 0.155 e. The maximum atomic E-state index is 12.1. The Balaban J connectivity index is 1.53. The van der Waals surface area contributed by atoms with Crippen LogP contribution in [0.25, 0.3) is 0 Å². The summed E-state index contributed by atoms with van der Waals surface area (Å²) in [4.78, 5) is 12.1. The van der Waals surface area contributed by atoms with Crippen molar-refractivity contribution in [2.24, 2.45) is 46.3 Å². The SMILES string of the molecule is CC(C)CCCC(C)C1CCC2C3C[C@H](O)C4=CC(=O)CC[C@]4(C)C3CC[C@]12C. The van der Waals surface area contributed by atoms with Crippen LogP contribution in [0.2, 0.25) is 0 Å². The number of ketones is 1. The standard InChI is InChI=1S/C27H44O2/c1-17(2)7-6-8-18(3)21-9-10-22-20-16-25(29)24-15-19(28)11-13-27(24,5)23(20)12-14-26(21,22)4/h15,17-18,20-23,25,29H,6-14,16H2,1-5H3/t18?,20?,21?,22?,23?,25-,26+,27+/m0/s1. The molecular weight excluding hydrogens is 356 g/mol. The molecule has 0 saturated heterocycles. The Kier molecular flexibility index (Phi) is 5.82. The molecule has 1 N–H and O–H groups in total. The topological polar surface area (TPSA) is 37.3 Å². The summed E-state index contributed by atoms with van der Waals surface area (Å²) >= 11 is 0. The lowest BCUT2D eigenvalue weighted by Gasteiger charge is -2.59. The van der Waals surface area contributed by atoms with Crippen LogP contribution in [-0.4, -0.2) is 17.0 Å². The van der Waals surface area contributed by atoms with E-state index in [0.717, 1.165) is 42.1 Å². The van der Waals surface area contributed by atoms with Gasteiger partial charge in [-0.05, 0) is 96.5 Å². The molecule has 0 spiro atoms. The minimum absolute atomic E-state index is 0.0541. The summed E-state index contributed by atoms with van der Waals surface area (Å²) in [6.07, 6.45) is 13.5. The molecule has 2 heteroatoms. The predicted molar refractivity (Wildman–Crippen MR) is 119 cm³/mol. The van der Waals surface area contributed by atoms with Crippen LogP contribution in [0.1, 0.15) is 98.8 Å². The van der Waals surface area contributed by atoms with Crippen LogP contribution in [0.5, 0.6) is 0 Å². The molecule has 0 aromatic rings. The summed E-state index contributed by atoms with van der Waals surface area (Å²) in [5.74, 6) is 4.81. The van der Waals surface area contributed by atoms with E-state index in [2.05, 4.69) is 34.6 Å². The zero-order chi connectivity index (χ0) is 21.0. The monoisotopic (exact) mass is 400 g/mol. The molecule has 4 aliphatic rings. The van der Waals surface area contributed by atoms with Crippen molar-refractivity contribution >= 4 is 5.78 Å². The fourth-order valence-electron chi connectivity index (χ4n) is 8.63. The third-order valence-corrected chi connectivity index (χ3v) is 10.2. The zero-order valence-electron chi connectivity index (χ0n) is 19.5. The Hall–Kier alpha value is -0.630. The molecule has 164 valence electrons. The van der Waals surface area contributed by atoms with E-state index in [4.69, 9.17) is 0 Å². The van der Waals surface area contributed by atoms with Crippen LogP contribution in [0.15, 0.2) is 11.6 Å². The van der Waals surface area contributed by atoms with Gasteiger partial charge in [-0.3, -0.25) is 4.79 Å². The van der Waals surface area contributed by atoms with E-state index < -0.39 is 6.10 Å². The number of carbonyl (C=O) groups is 1. The van der Waals surface area contributed by atoms with Crippen molar-refractivity contribution in [1.29, 1.82) is 0 Å². The highest BCUT2D eigenvalue weighted by molar-refractivity contribution is 5.91. The Morgan fingerprint density at radius 2 is 1.83 bits per heavy atom. The first-order valence-electron chi connectivity index (χ1n) is 12.6. The number of fused-ring (bicyclic) bond motifs is 5. The summed E-state index contributed by atoms with van der Waals surface area (Å²) in [7, 11) is 0. The molecule has 3 fully saturated rings. The van der Waals surface area contributed by atoms with Gasteiger partial charge >= 0.3 is 0 Å². The van der Waals surface area contributed by atoms with E-state index in [-0.39, 0.29) is 11.2 Å². The third kappa shape index (κ3) is 3.56. The fourth-order valence-corrected chi connectivity index (χ4v) is 8.63. The minimum atomic E-state index is -0.393. The van der Waals surface area contributed by atoms with Gasteiger partial charge < -0.3 is 5.11 Å². The zero-order valence-corrected chi connectivity index (χ0v) is 19.5. The van der Waals surface area contributed by atoms with Gasteiger partial charge in [0.2, 0.25) is 0 Å². The molecule has 4 rings (SSSR count). The minimum Gasteiger partial charge on any atom is -0.389 e. The number of aliphatic hydroxyl groups excluding tert-OH is 1. The van der Waals surface area contributed by atoms with E-state index in [0.29, 0.717) is 23.7 Å². The highest BCUT2D eigenvalue weighted by atomic mass is 16.3. The van der Waals surface area contributed by atoms with E-state index in [1.165, 1.54) is 44.9 Å². The largest absolute Gasteiger partial charge is 0.389 e. The normalized spacial score (nSPS) is 45.4. The van der Waals surface area contributed by atoms with Crippen molar-refractivity contribution in [2.45, 2.75) is 105 Å². The van der Waals surface area contributed by atoms with E-state index in [1.54, 1.807) is 0 Å². The number of aliphatic hydroxyl groups is 1. The van der Waals surface area contributed by atoms with Gasteiger partial charge in [-0.1, -0.05) is 53.9 Å². The van der Waals surface area contributed by atoms with Crippen molar-refractivity contribution in [3.05, 3.63) is 11.6 Å². The van der Waals surface area contributed by atoms with Crippen LogP contribution in [0.4, 0.5) is 0 Å². The van der Waals surface area contributed by atoms with Gasteiger partial charge in [0, 0.05) is 6.42 Å². The fraction of sp³-hybridized carbons (Fsp3) is 0.889. The second-order valence-corrected chi connectivity index (χ2v) is 12.1. The van der Waals surface area contributed by atoms with Crippen LogP contribution in [-0.2, 0) is 4.79 Å². The van der Waals surface area contributed by atoms with Crippen LogP contribution >= 0.6 is 0 Å². The van der Waals surface area contributed by atoms with Gasteiger partial charge in [0.25, 0.3) is 0 Å². The first kappa shape index (κ1) is 21.6. The van der Waals surface area contributed by atoms with E-state index in [9.17, 15) is 9.90 Å². The lowest BCUT2D eigenvalue weighted by molar-refractivity contribution is -0.119. The van der Waals surface area contributed by atoms with Gasteiger partial charge in [-0.15, -0.1) is 0 Å². The number of rotatable bonds is 5. The molecule has 0 aromatic carbocycles. The summed E-state index contributed by atoms with van der Waals surface area (Å²) < 4.78 is 0. The lowest BCUT2D eigenvalue weighted by Crippen LogP contribution is -2.54. The van der Waals surface area contributed by atoms with Crippen LogP contribution in [0, 0.1) is 46.3 Å². The second-order valence-electron chi connectivity index (χ2n) is 12.1. The van der Waals surface area contributed by atoms with Gasteiger partial charge in [-0.25, -0.2) is 0 Å². The van der Waals surface area contributed by atoms with E-state index in [1.807, 2.05) is 6.08 Å². The van der Waals surface area contributed by atoms with Crippen LogP contribution in [0.3, 0.4) is 0 Å². The molecule has 0 aliphatic heterocycles. The molecule has 5 unspecified atom stereocenters. The molecule has 0 amide bonds. The molecule has 8 atom stereocenters. The van der Waals surface area contributed by atoms with Gasteiger partial charge in [0.05, 0.1) is 6.10 Å². The molecule has 2 nitrogen and oxygen atoms in total. The van der Waals surface area contributed by atoms with Gasteiger partial charge in [0.15, 0.2) is 5.78 Å². The number of carbonyl (C=O) groups excluding carboxylic acids is 1. The van der Waals surface area contributed by atoms with Crippen molar-refractivity contribution in [3.8, 4) is 0 Å². The first-order valence-corrected chi connectivity index (χ1v) is 12.6. The maximum absolute atomic E-state index is 12.1. The third-order valence-electron chi connectivity index (χ3n) is 10.2. The lowest BCUT2D eigenvalue weighted by atomic mass is 9.46. The molecule has 4 aliphatic carbocycles. The number of hydrogen-bond donors (Lipinski definition) is 1. The van der Waals surface area contributed by atoms with Crippen molar-refractivity contribution in [2.75, 3.05) is 0 Å². The Morgan fingerprint density at radius 1 is 1.07 bits per heavy atom. The molecule has 0 radical (unpaired) electrons. The molecule has 0 aromatic heterocycles. The Bertz CT molecular complexity index is 663. The average Bonchev–Trinajstić information content (AvgIpc) is 3.00. The van der Waals surface area contributed by atoms with Crippen molar-refractivity contribution in [1.82, 2.24) is 0 Å². The van der Waals surface area contributed by atoms with Gasteiger partial charge in [-0.2, -0.15) is 0 Å².